The molecule has 0 amide bonds. The maximum atomic E-state index is 12.1. The topological polar surface area (TPSA) is 83.5 Å². The molecule has 120 valence electrons. The monoisotopic (exact) mass is 373 g/mol. The molecule has 0 fully saturated rings. The van der Waals surface area contributed by atoms with E-state index in [1.165, 1.54) is 6.07 Å². The first-order valence-corrected chi connectivity index (χ1v) is 9.15. The van der Waals surface area contributed by atoms with Gasteiger partial charge in [-0.1, -0.05) is 44.0 Å². The average molecular weight is 374 g/mol. The second kappa shape index (κ2) is 6.83. The lowest BCUT2D eigenvalue weighted by atomic mass is 9.85. The van der Waals surface area contributed by atoms with Gasteiger partial charge in [0.05, 0.1) is 10.3 Å². The van der Waals surface area contributed by atoms with E-state index >= 15 is 0 Å². The first-order valence-electron chi connectivity index (χ1n) is 6.10. The van der Waals surface area contributed by atoms with Crippen LogP contribution in [0.1, 0.15) is 27.2 Å². The number of hydrogen-bond donors (Lipinski definition) is 2. The number of aliphatic carboxylic acids is 1. The lowest BCUT2D eigenvalue weighted by Crippen LogP contribution is -2.35. The quantitative estimate of drug-likeness (QED) is 0.799. The second-order valence-corrected chi connectivity index (χ2v) is 9.86. The van der Waals surface area contributed by atoms with Gasteiger partial charge in [0.1, 0.15) is 9.23 Å². The molecule has 0 saturated carbocycles. The lowest BCUT2D eigenvalue weighted by molar-refractivity contribution is -0.142. The number of carboxylic acids is 1. The number of carbonyl (C=O) groups is 1. The van der Waals surface area contributed by atoms with Gasteiger partial charge in [-0.15, -0.1) is 11.3 Å². The van der Waals surface area contributed by atoms with Gasteiger partial charge in [0.2, 0.25) is 10.0 Å². The predicted octanol–water partition coefficient (Wildman–Crippen LogP) is 3.47. The van der Waals surface area contributed by atoms with Crippen molar-refractivity contribution in [3.63, 3.8) is 0 Å². The van der Waals surface area contributed by atoms with Crippen LogP contribution in [-0.4, -0.2) is 26.0 Å². The van der Waals surface area contributed by atoms with Crippen LogP contribution in [0.15, 0.2) is 11.0 Å². The number of nitrogens with one attached hydrogen (secondary N) is 1. The number of hydrogen-bond acceptors (Lipinski definition) is 4. The highest BCUT2D eigenvalue weighted by Gasteiger charge is 2.28. The van der Waals surface area contributed by atoms with Gasteiger partial charge < -0.3 is 5.11 Å². The van der Waals surface area contributed by atoms with Crippen LogP contribution >= 0.6 is 34.5 Å². The van der Waals surface area contributed by atoms with Crippen molar-refractivity contribution in [2.45, 2.75) is 32.1 Å². The molecule has 1 atom stereocenters. The predicted molar refractivity (Wildman–Crippen MR) is 84.7 cm³/mol. The highest BCUT2D eigenvalue weighted by atomic mass is 35.5. The van der Waals surface area contributed by atoms with Crippen LogP contribution in [-0.2, 0) is 14.8 Å². The zero-order valence-corrected chi connectivity index (χ0v) is 15.0. The molecule has 0 spiro atoms. The maximum Gasteiger partial charge on any atom is 0.307 e. The lowest BCUT2D eigenvalue weighted by Gasteiger charge is -2.23. The van der Waals surface area contributed by atoms with Crippen molar-refractivity contribution in [1.82, 2.24) is 4.72 Å². The summed E-state index contributed by atoms with van der Waals surface area (Å²) < 4.78 is 26.8. The number of thiophene rings is 1. The highest BCUT2D eigenvalue weighted by molar-refractivity contribution is 7.89. The van der Waals surface area contributed by atoms with Gasteiger partial charge in [0, 0.05) is 6.54 Å². The van der Waals surface area contributed by atoms with Crippen LogP contribution in [0.25, 0.3) is 0 Å². The fraction of sp³-hybridized carbons (Fsp3) is 0.583. The molecule has 0 aromatic carbocycles. The molecule has 1 heterocycles. The molecule has 0 aliphatic heterocycles. The van der Waals surface area contributed by atoms with E-state index in [4.69, 9.17) is 23.2 Å². The van der Waals surface area contributed by atoms with Crippen molar-refractivity contribution in [2.24, 2.45) is 11.3 Å². The highest BCUT2D eigenvalue weighted by Crippen LogP contribution is 2.34. The molecule has 0 bridgehead atoms. The van der Waals surface area contributed by atoms with Crippen LogP contribution in [0, 0.1) is 11.3 Å². The number of carboxylic acid groups (broad SMARTS) is 1. The Labute approximate surface area is 138 Å². The molecule has 21 heavy (non-hydrogen) atoms. The number of rotatable bonds is 6. The van der Waals surface area contributed by atoms with Crippen molar-refractivity contribution in [3.8, 4) is 0 Å². The van der Waals surface area contributed by atoms with Gasteiger partial charge in [0.25, 0.3) is 0 Å². The third kappa shape index (κ3) is 5.75. The normalized spacial score (nSPS) is 14.1. The molecule has 1 unspecified atom stereocenters. The number of halogens is 2. The molecular weight excluding hydrogens is 357 g/mol. The third-order valence-electron chi connectivity index (χ3n) is 2.64. The third-order valence-corrected chi connectivity index (χ3v) is 5.82. The Morgan fingerprint density at radius 3 is 2.38 bits per heavy atom. The summed E-state index contributed by atoms with van der Waals surface area (Å²) in [4.78, 5) is 11.1. The molecule has 1 aromatic heterocycles. The van der Waals surface area contributed by atoms with E-state index < -0.39 is 21.9 Å². The molecule has 0 radical (unpaired) electrons. The Morgan fingerprint density at radius 1 is 1.43 bits per heavy atom. The summed E-state index contributed by atoms with van der Waals surface area (Å²) >= 11 is 12.5. The SMILES string of the molecule is CC(C)(C)CC(CNS(=O)(=O)c1cc(Cl)sc1Cl)C(=O)O. The first-order chi connectivity index (χ1) is 9.42. The smallest absolute Gasteiger partial charge is 0.307 e. The van der Waals surface area contributed by atoms with Gasteiger partial charge in [-0.05, 0) is 17.9 Å². The van der Waals surface area contributed by atoms with Crippen molar-refractivity contribution >= 4 is 50.5 Å². The van der Waals surface area contributed by atoms with Crippen LogP contribution in [0.2, 0.25) is 8.67 Å². The summed E-state index contributed by atoms with van der Waals surface area (Å²) in [7, 11) is -3.87. The Bertz CT molecular complexity index is 620. The molecule has 0 aliphatic carbocycles. The molecule has 1 rings (SSSR count). The van der Waals surface area contributed by atoms with Gasteiger partial charge in [-0.25, -0.2) is 13.1 Å². The largest absolute Gasteiger partial charge is 0.481 e. The standard InChI is InChI=1S/C12H17Cl2NO4S2/c1-12(2,3)5-7(11(16)17)6-15-21(18,19)8-4-9(13)20-10(8)14/h4,7,15H,5-6H2,1-3H3,(H,16,17). The van der Waals surface area contributed by atoms with Gasteiger partial charge in [0.15, 0.2) is 0 Å². The van der Waals surface area contributed by atoms with Gasteiger partial charge >= 0.3 is 5.97 Å². The summed E-state index contributed by atoms with van der Waals surface area (Å²) in [5.74, 6) is -1.85. The molecular formula is C12H17Cl2NO4S2. The van der Waals surface area contributed by atoms with Crippen LogP contribution in [0.5, 0.6) is 0 Å². The maximum absolute atomic E-state index is 12.1. The molecule has 0 aliphatic rings. The average Bonchev–Trinajstić information content (AvgIpc) is 2.63. The molecule has 5 nitrogen and oxygen atoms in total. The number of sulfonamides is 1. The van der Waals surface area contributed by atoms with Crippen molar-refractivity contribution in [1.29, 1.82) is 0 Å². The van der Waals surface area contributed by atoms with E-state index in [1.54, 1.807) is 0 Å². The van der Waals surface area contributed by atoms with E-state index in [0.717, 1.165) is 11.3 Å². The van der Waals surface area contributed by atoms with Crippen molar-refractivity contribution < 1.29 is 18.3 Å². The van der Waals surface area contributed by atoms with E-state index in [9.17, 15) is 18.3 Å². The summed E-state index contributed by atoms with van der Waals surface area (Å²) in [6.45, 7) is 5.49. The summed E-state index contributed by atoms with van der Waals surface area (Å²) in [5.41, 5.74) is -0.224. The first kappa shape index (κ1) is 18.7. The summed E-state index contributed by atoms with van der Waals surface area (Å²) in [6, 6.07) is 1.25. The van der Waals surface area contributed by atoms with Gasteiger partial charge in [-0.2, -0.15) is 0 Å². The molecule has 0 saturated heterocycles. The Balaban J connectivity index is 2.84. The van der Waals surface area contributed by atoms with E-state index in [0.29, 0.717) is 6.42 Å². The summed E-state index contributed by atoms with van der Waals surface area (Å²) in [5, 5.41) is 9.18. The Morgan fingerprint density at radius 2 is 2.00 bits per heavy atom. The van der Waals surface area contributed by atoms with Crippen molar-refractivity contribution in [3.05, 3.63) is 14.7 Å². The Kier molecular flexibility index (Phi) is 6.08. The van der Waals surface area contributed by atoms with Crippen LogP contribution in [0.4, 0.5) is 0 Å². The second-order valence-electron chi connectivity index (χ2n) is 5.84. The molecule has 9 heteroatoms. The minimum absolute atomic E-state index is 0.0511. The zero-order chi connectivity index (χ0) is 16.4. The van der Waals surface area contributed by atoms with E-state index in [2.05, 4.69) is 4.72 Å². The van der Waals surface area contributed by atoms with Crippen LogP contribution in [0.3, 0.4) is 0 Å². The fourth-order valence-corrected chi connectivity index (χ4v) is 5.01. The minimum Gasteiger partial charge on any atom is -0.481 e. The Hall–Kier alpha value is -0.340. The fourth-order valence-electron chi connectivity index (χ4n) is 1.78. The van der Waals surface area contributed by atoms with Gasteiger partial charge in [-0.3, -0.25) is 4.79 Å². The summed E-state index contributed by atoms with van der Waals surface area (Å²) in [6.07, 6.45) is 0.350. The van der Waals surface area contributed by atoms with E-state index in [1.807, 2.05) is 20.8 Å². The van der Waals surface area contributed by atoms with Crippen molar-refractivity contribution in [2.75, 3.05) is 6.54 Å². The molecule has 2 N–H and O–H groups in total. The molecule has 1 aromatic rings. The van der Waals surface area contributed by atoms with E-state index in [-0.39, 0.29) is 25.5 Å². The van der Waals surface area contributed by atoms with Crippen LogP contribution < -0.4 is 4.72 Å². The minimum atomic E-state index is -3.87. The zero-order valence-electron chi connectivity index (χ0n) is 11.8.